The van der Waals surface area contributed by atoms with Crippen LogP contribution in [0.5, 0.6) is 0 Å². The monoisotopic (exact) mass is 373 g/mol. The summed E-state index contributed by atoms with van der Waals surface area (Å²) < 4.78 is 0. The highest BCUT2D eigenvalue weighted by Gasteiger charge is 2.27. The second-order valence-corrected chi connectivity index (χ2v) is 7.35. The van der Waals surface area contributed by atoms with Crippen molar-refractivity contribution in [3.8, 4) is 0 Å². The summed E-state index contributed by atoms with van der Waals surface area (Å²) in [5.41, 5.74) is 12.5. The molecular weight excluding hydrogens is 350 g/mol. The molecule has 27 heavy (non-hydrogen) atoms. The molecule has 0 saturated carbocycles. The fraction of sp³-hybridized carbons (Fsp3) is 0.217. The minimum Gasteiger partial charge on any atom is -0.399 e. The van der Waals surface area contributed by atoms with E-state index in [-0.39, 0.29) is 0 Å². The van der Waals surface area contributed by atoms with E-state index in [1.54, 1.807) is 5.37 Å². The number of benzene rings is 2. The van der Waals surface area contributed by atoms with Gasteiger partial charge in [-0.2, -0.15) is 0 Å². The van der Waals surface area contributed by atoms with Crippen molar-refractivity contribution in [3.63, 3.8) is 0 Å². The van der Waals surface area contributed by atoms with Gasteiger partial charge >= 0.3 is 0 Å². The number of hydrogen-bond acceptors (Lipinski definition) is 4. The Hall–Kier alpha value is -2.72. The number of nitrogens with zero attached hydrogens (tertiary/aromatic N) is 1. The molecule has 2 aromatic carbocycles. The van der Waals surface area contributed by atoms with Crippen LogP contribution in [-0.2, 0) is 0 Å². The number of nitrogens with one attached hydrogen (secondary N) is 1. The van der Waals surface area contributed by atoms with Gasteiger partial charge in [0.05, 0.1) is 5.70 Å². The Kier molecular flexibility index (Phi) is 4.90. The highest BCUT2D eigenvalue weighted by Crippen LogP contribution is 2.33. The lowest BCUT2D eigenvalue weighted by Gasteiger charge is -2.36. The van der Waals surface area contributed by atoms with E-state index in [9.17, 15) is 0 Å². The molecule has 1 aliphatic carbocycles. The summed E-state index contributed by atoms with van der Waals surface area (Å²) in [5.74, 6) is 0. The van der Waals surface area contributed by atoms with E-state index in [1.807, 2.05) is 18.2 Å². The minimum absolute atomic E-state index is 0.694. The summed E-state index contributed by atoms with van der Waals surface area (Å²) >= 11 is 5.03. The second kappa shape index (κ2) is 7.49. The van der Waals surface area contributed by atoms with Gasteiger partial charge in [0.1, 0.15) is 0 Å². The first-order valence-electron chi connectivity index (χ1n) is 9.38. The van der Waals surface area contributed by atoms with Gasteiger partial charge in [-0.25, -0.2) is 0 Å². The van der Waals surface area contributed by atoms with E-state index in [4.69, 9.17) is 23.4 Å². The first-order valence-corrected chi connectivity index (χ1v) is 9.85. The Balaban J connectivity index is 2.04. The van der Waals surface area contributed by atoms with Gasteiger partial charge in [0.2, 0.25) is 0 Å². The number of hydrogen-bond donors (Lipinski definition) is 2. The molecule has 4 heteroatoms. The molecule has 0 aromatic heterocycles. The maximum Gasteiger partial charge on any atom is 0.0564 e. The van der Waals surface area contributed by atoms with Crippen LogP contribution in [-0.4, -0.2) is 22.5 Å². The Morgan fingerprint density at radius 1 is 1.07 bits per heavy atom. The number of allylic oxidation sites excluding steroid dienone is 2. The van der Waals surface area contributed by atoms with Gasteiger partial charge in [-0.3, -0.25) is 0 Å². The molecule has 0 spiro atoms. The van der Waals surface area contributed by atoms with Gasteiger partial charge in [0, 0.05) is 28.9 Å². The Morgan fingerprint density at radius 3 is 2.67 bits per heavy atom. The van der Waals surface area contributed by atoms with Crippen molar-refractivity contribution in [2.24, 2.45) is 0 Å². The Morgan fingerprint density at radius 2 is 1.89 bits per heavy atom. The van der Waals surface area contributed by atoms with Crippen molar-refractivity contribution in [2.45, 2.75) is 25.7 Å². The van der Waals surface area contributed by atoms with Crippen LogP contribution in [0, 0.1) is 5.41 Å². The SMILES string of the molecule is N=C1C=C2C(=c3ccc(N)cc3=C(c3ccccc3)N2CCCC=S)CC1. The molecule has 3 N–H and O–H groups in total. The molecule has 0 saturated heterocycles. The van der Waals surface area contributed by atoms with E-state index in [2.05, 4.69) is 41.3 Å². The van der Waals surface area contributed by atoms with Gasteiger partial charge in [-0.05, 0) is 65.6 Å². The molecule has 0 unspecified atom stereocenters. The predicted molar refractivity (Wildman–Crippen MR) is 117 cm³/mol. The second-order valence-electron chi connectivity index (χ2n) is 7.01. The van der Waals surface area contributed by atoms with E-state index >= 15 is 0 Å². The number of unbranched alkanes of at least 4 members (excludes halogenated alkanes) is 1. The Bertz CT molecular complexity index is 1050. The zero-order valence-corrected chi connectivity index (χ0v) is 16.1. The molecular formula is C23H23N3S. The van der Waals surface area contributed by atoms with Crippen LogP contribution in [0.2, 0.25) is 0 Å². The third-order valence-corrected chi connectivity index (χ3v) is 5.44. The van der Waals surface area contributed by atoms with Gasteiger partial charge in [-0.1, -0.05) is 48.6 Å². The predicted octanol–water partition coefficient (Wildman–Crippen LogP) is 3.37. The zero-order valence-electron chi connectivity index (χ0n) is 15.2. The molecule has 136 valence electrons. The normalized spacial score (nSPS) is 15.9. The molecule has 1 heterocycles. The lowest BCUT2D eigenvalue weighted by atomic mass is 9.88. The summed E-state index contributed by atoms with van der Waals surface area (Å²) in [6.07, 6.45) is 5.61. The maximum absolute atomic E-state index is 8.23. The van der Waals surface area contributed by atoms with E-state index < -0.39 is 0 Å². The number of nitrogens with two attached hydrogens (primary N) is 1. The maximum atomic E-state index is 8.23. The molecule has 0 bridgehead atoms. The lowest BCUT2D eigenvalue weighted by molar-refractivity contribution is 0.485. The molecule has 0 radical (unpaired) electrons. The highest BCUT2D eigenvalue weighted by atomic mass is 32.1. The van der Waals surface area contributed by atoms with Crippen molar-refractivity contribution >= 4 is 40.3 Å². The molecule has 0 fully saturated rings. The van der Waals surface area contributed by atoms with Gasteiger partial charge < -0.3 is 16.0 Å². The summed E-state index contributed by atoms with van der Waals surface area (Å²) in [5, 5.41) is 12.5. The zero-order chi connectivity index (χ0) is 18.8. The number of fused-ring (bicyclic) bond motifs is 2. The number of thiocarbonyl (C=S) groups is 1. The smallest absolute Gasteiger partial charge is 0.0564 e. The number of anilines is 1. The Labute approximate surface area is 165 Å². The van der Waals surface area contributed by atoms with Gasteiger partial charge in [0.15, 0.2) is 0 Å². The van der Waals surface area contributed by atoms with Crippen LogP contribution in [0.3, 0.4) is 0 Å². The van der Waals surface area contributed by atoms with Crippen LogP contribution < -0.4 is 16.2 Å². The van der Waals surface area contributed by atoms with Crippen LogP contribution in [0.1, 0.15) is 31.2 Å². The largest absolute Gasteiger partial charge is 0.399 e. The minimum atomic E-state index is 0.694. The van der Waals surface area contributed by atoms with E-state index in [0.717, 1.165) is 43.6 Å². The summed E-state index contributed by atoms with van der Waals surface area (Å²) in [4.78, 5) is 2.37. The van der Waals surface area contributed by atoms with Crippen molar-refractivity contribution in [2.75, 3.05) is 12.3 Å². The molecule has 2 aromatic rings. The van der Waals surface area contributed by atoms with Crippen LogP contribution in [0.4, 0.5) is 5.69 Å². The molecule has 4 rings (SSSR count). The molecule has 1 aliphatic heterocycles. The number of nitrogen functional groups attached to an aromatic ring is 1. The summed E-state index contributed by atoms with van der Waals surface area (Å²) in [6.45, 7) is 0.869. The molecule has 3 nitrogen and oxygen atoms in total. The lowest BCUT2D eigenvalue weighted by Crippen LogP contribution is -2.43. The molecule has 2 aliphatic rings. The summed E-state index contributed by atoms with van der Waals surface area (Å²) in [7, 11) is 0. The average Bonchev–Trinajstić information content (AvgIpc) is 2.68. The fourth-order valence-corrected chi connectivity index (χ4v) is 4.15. The average molecular weight is 374 g/mol. The topological polar surface area (TPSA) is 53.1 Å². The van der Waals surface area contributed by atoms with Crippen molar-refractivity contribution in [1.29, 1.82) is 5.41 Å². The van der Waals surface area contributed by atoms with Crippen molar-refractivity contribution in [3.05, 3.63) is 76.3 Å². The molecule has 0 amide bonds. The highest BCUT2D eigenvalue weighted by molar-refractivity contribution is 7.78. The van der Waals surface area contributed by atoms with Gasteiger partial charge in [-0.15, -0.1) is 0 Å². The third-order valence-electron chi connectivity index (χ3n) is 5.20. The van der Waals surface area contributed by atoms with Crippen LogP contribution in [0.15, 0.2) is 60.3 Å². The first kappa shape index (κ1) is 17.7. The number of rotatable bonds is 5. The standard InChI is InChI=1S/C23H23N3S/c24-17-8-10-19-20-11-9-18(25)15-22(20)26(12-4-5-13-27)23(21(19)14-17)16-6-2-1-3-7-16/h1-3,6-8,10,13-15,25H,4-5,9,11-12,24H2. The van der Waals surface area contributed by atoms with E-state index in [0.29, 0.717) is 5.71 Å². The summed E-state index contributed by atoms with van der Waals surface area (Å²) in [6, 6.07) is 16.7. The van der Waals surface area contributed by atoms with Crippen molar-refractivity contribution < 1.29 is 0 Å². The van der Waals surface area contributed by atoms with E-state index in [1.165, 1.54) is 27.3 Å². The third kappa shape index (κ3) is 3.33. The van der Waals surface area contributed by atoms with Crippen molar-refractivity contribution in [1.82, 2.24) is 4.90 Å². The van der Waals surface area contributed by atoms with Crippen LogP contribution >= 0.6 is 12.2 Å². The van der Waals surface area contributed by atoms with Gasteiger partial charge in [0.25, 0.3) is 0 Å². The quantitative estimate of drug-likeness (QED) is 0.480. The fourth-order valence-electron chi connectivity index (χ4n) is 3.98. The van der Waals surface area contributed by atoms with Crippen LogP contribution in [0.25, 0.3) is 11.3 Å². The molecule has 0 atom stereocenters. The first-order chi connectivity index (χ1) is 13.2.